The van der Waals surface area contributed by atoms with Gasteiger partial charge in [0.05, 0.1) is 6.04 Å². The quantitative estimate of drug-likeness (QED) is 0.846. The molecule has 17 heavy (non-hydrogen) atoms. The van der Waals surface area contributed by atoms with Gasteiger partial charge in [-0.05, 0) is 41.1 Å². The Morgan fingerprint density at radius 3 is 2.59 bits per heavy atom. The van der Waals surface area contributed by atoms with Crippen molar-refractivity contribution in [3.05, 3.63) is 22.4 Å². The number of carbonyl (C=O) groups is 1. The zero-order valence-corrected chi connectivity index (χ0v) is 11.8. The van der Waals surface area contributed by atoms with Gasteiger partial charge in [-0.2, -0.15) is 11.3 Å². The Labute approximate surface area is 107 Å². The smallest absolute Gasteiger partial charge is 0.235 e. The fourth-order valence-corrected chi connectivity index (χ4v) is 2.55. The SMILES string of the molecule is CC(Cc1ccsc1)NC(C(N)=O)C(C)(C)C. The molecule has 0 aliphatic carbocycles. The molecule has 1 amide bonds. The number of hydrogen-bond acceptors (Lipinski definition) is 3. The van der Waals surface area contributed by atoms with Crippen LogP contribution in [0.15, 0.2) is 16.8 Å². The number of primary amides is 1. The Balaban J connectivity index is 2.59. The van der Waals surface area contributed by atoms with Gasteiger partial charge in [0.2, 0.25) is 5.91 Å². The maximum atomic E-state index is 11.4. The van der Waals surface area contributed by atoms with Crippen molar-refractivity contribution in [1.82, 2.24) is 5.32 Å². The number of nitrogens with two attached hydrogens (primary N) is 1. The number of thiophene rings is 1. The van der Waals surface area contributed by atoms with Crippen LogP contribution in [-0.4, -0.2) is 18.0 Å². The van der Waals surface area contributed by atoms with E-state index in [2.05, 4.69) is 29.1 Å². The number of rotatable bonds is 5. The Morgan fingerprint density at radius 1 is 1.53 bits per heavy atom. The molecule has 3 N–H and O–H groups in total. The Hall–Kier alpha value is -0.870. The van der Waals surface area contributed by atoms with E-state index in [9.17, 15) is 4.79 Å². The molecule has 2 unspecified atom stereocenters. The van der Waals surface area contributed by atoms with Crippen molar-refractivity contribution in [1.29, 1.82) is 0 Å². The number of carbonyl (C=O) groups excluding carboxylic acids is 1. The van der Waals surface area contributed by atoms with Crippen LogP contribution >= 0.6 is 11.3 Å². The molecule has 0 spiro atoms. The summed E-state index contributed by atoms with van der Waals surface area (Å²) in [6.45, 7) is 8.14. The Morgan fingerprint density at radius 2 is 2.18 bits per heavy atom. The average molecular weight is 254 g/mol. The van der Waals surface area contributed by atoms with Crippen molar-refractivity contribution in [3.63, 3.8) is 0 Å². The van der Waals surface area contributed by atoms with E-state index in [4.69, 9.17) is 5.73 Å². The van der Waals surface area contributed by atoms with Crippen LogP contribution in [0, 0.1) is 5.41 Å². The van der Waals surface area contributed by atoms with Gasteiger partial charge in [0, 0.05) is 6.04 Å². The molecule has 0 radical (unpaired) electrons. The molecule has 1 rings (SSSR count). The molecule has 0 saturated carbocycles. The van der Waals surface area contributed by atoms with Crippen molar-refractivity contribution in [2.75, 3.05) is 0 Å². The van der Waals surface area contributed by atoms with Gasteiger partial charge in [0.1, 0.15) is 0 Å². The first-order valence-corrected chi connectivity index (χ1v) is 6.81. The molecule has 0 bridgehead atoms. The maximum Gasteiger partial charge on any atom is 0.235 e. The van der Waals surface area contributed by atoms with Gasteiger partial charge in [-0.3, -0.25) is 4.79 Å². The van der Waals surface area contributed by atoms with Crippen LogP contribution in [0.2, 0.25) is 0 Å². The standard InChI is InChI=1S/C13H22N2OS/c1-9(7-10-5-6-17-8-10)15-11(12(14)16)13(2,3)4/h5-6,8-9,11,15H,7H2,1-4H3,(H2,14,16). The molecular weight excluding hydrogens is 232 g/mol. The van der Waals surface area contributed by atoms with E-state index in [0.717, 1.165) is 6.42 Å². The van der Waals surface area contributed by atoms with E-state index in [-0.39, 0.29) is 23.4 Å². The van der Waals surface area contributed by atoms with Crippen molar-refractivity contribution >= 4 is 17.2 Å². The van der Waals surface area contributed by atoms with E-state index < -0.39 is 0 Å². The molecule has 1 aromatic rings. The fraction of sp³-hybridized carbons (Fsp3) is 0.615. The topological polar surface area (TPSA) is 55.1 Å². The van der Waals surface area contributed by atoms with Crippen molar-refractivity contribution < 1.29 is 4.79 Å². The average Bonchev–Trinajstić information content (AvgIpc) is 2.64. The van der Waals surface area contributed by atoms with E-state index in [1.54, 1.807) is 11.3 Å². The maximum absolute atomic E-state index is 11.4. The number of nitrogens with one attached hydrogen (secondary N) is 1. The summed E-state index contributed by atoms with van der Waals surface area (Å²) in [7, 11) is 0. The van der Waals surface area contributed by atoms with E-state index in [1.165, 1.54) is 5.56 Å². The molecule has 0 aromatic carbocycles. The molecule has 96 valence electrons. The normalized spacial score (nSPS) is 15.5. The first kappa shape index (κ1) is 14.2. The van der Waals surface area contributed by atoms with Crippen LogP contribution < -0.4 is 11.1 Å². The van der Waals surface area contributed by atoms with Gasteiger partial charge in [0.15, 0.2) is 0 Å². The van der Waals surface area contributed by atoms with Crippen molar-refractivity contribution in [2.45, 2.75) is 46.2 Å². The van der Waals surface area contributed by atoms with Crippen LogP contribution in [0.3, 0.4) is 0 Å². The Kier molecular flexibility index (Phi) is 4.71. The third-order valence-electron chi connectivity index (χ3n) is 2.72. The van der Waals surface area contributed by atoms with Crippen LogP contribution in [0.4, 0.5) is 0 Å². The highest BCUT2D eigenvalue weighted by atomic mass is 32.1. The second-order valence-corrected chi connectivity index (χ2v) is 6.38. The number of amides is 1. The molecule has 0 saturated heterocycles. The summed E-state index contributed by atoms with van der Waals surface area (Å²) >= 11 is 1.69. The molecule has 3 nitrogen and oxygen atoms in total. The summed E-state index contributed by atoms with van der Waals surface area (Å²) in [6.07, 6.45) is 0.920. The van der Waals surface area contributed by atoms with Gasteiger partial charge in [0.25, 0.3) is 0 Å². The molecule has 4 heteroatoms. The predicted molar refractivity (Wildman–Crippen MR) is 73.1 cm³/mol. The van der Waals surface area contributed by atoms with Gasteiger partial charge in [-0.15, -0.1) is 0 Å². The summed E-state index contributed by atoms with van der Waals surface area (Å²) in [5, 5.41) is 7.53. The molecule has 2 atom stereocenters. The van der Waals surface area contributed by atoms with Gasteiger partial charge in [-0.1, -0.05) is 20.8 Å². The molecule has 0 aliphatic heterocycles. The van der Waals surface area contributed by atoms with E-state index >= 15 is 0 Å². The summed E-state index contributed by atoms with van der Waals surface area (Å²) in [5.74, 6) is -0.283. The van der Waals surface area contributed by atoms with E-state index in [1.807, 2.05) is 20.8 Å². The fourth-order valence-electron chi connectivity index (χ4n) is 1.86. The highest BCUT2D eigenvalue weighted by molar-refractivity contribution is 7.07. The Bertz CT molecular complexity index is 354. The number of hydrogen-bond donors (Lipinski definition) is 2. The zero-order valence-electron chi connectivity index (χ0n) is 11.0. The molecular formula is C13H22N2OS. The molecule has 1 heterocycles. The summed E-state index contributed by atoms with van der Waals surface area (Å²) < 4.78 is 0. The lowest BCUT2D eigenvalue weighted by Crippen LogP contribution is -2.53. The van der Waals surface area contributed by atoms with Gasteiger partial charge in [-0.25, -0.2) is 0 Å². The zero-order chi connectivity index (χ0) is 13.1. The minimum atomic E-state index is -0.295. The molecule has 0 aliphatic rings. The third-order valence-corrected chi connectivity index (χ3v) is 3.46. The van der Waals surface area contributed by atoms with Gasteiger partial charge >= 0.3 is 0 Å². The summed E-state index contributed by atoms with van der Waals surface area (Å²) in [6, 6.07) is 2.05. The van der Waals surface area contributed by atoms with Crippen LogP contribution in [0.5, 0.6) is 0 Å². The summed E-state index contributed by atoms with van der Waals surface area (Å²) in [5.41, 5.74) is 6.59. The lowest BCUT2D eigenvalue weighted by atomic mass is 9.85. The van der Waals surface area contributed by atoms with E-state index in [0.29, 0.717) is 0 Å². The largest absolute Gasteiger partial charge is 0.368 e. The van der Waals surface area contributed by atoms with Crippen LogP contribution in [0.25, 0.3) is 0 Å². The molecule has 1 aromatic heterocycles. The predicted octanol–water partition coefficient (Wildman–Crippen LogP) is 2.17. The van der Waals surface area contributed by atoms with Crippen molar-refractivity contribution in [3.8, 4) is 0 Å². The lowest BCUT2D eigenvalue weighted by Gasteiger charge is -2.31. The second-order valence-electron chi connectivity index (χ2n) is 5.60. The van der Waals surface area contributed by atoms with Gasteiger partial charge < -0.3 is 11.1 Å². The summed E-state index contributed by atoms with van der Waals surface area (Å²) in [4.78, 5) is 11.4. The monoisotopic (exact) mass is 254 g/mol. The highest BCUT2D eigenvalue weighted by Crippen LogP contribution is 2.20. The minimum absolute atomic E-state index is 0.158. The first-order chi connectivity index (χ1) is 7.80. The van der Waals surface area contributed by atoms with Crippen molar-refractivity contribution in [2.24, 2.45) is 11.1 Å². The molecule has 0 fully saturated rings. The van der Waals surface area contributed by atoms with Crippen LogP contribution in [0.1, 0.15) is 33.3 Å². The second kappa shape index (κ2) is 5.65. The minimum Gasteiger partial charge on any atom is -0.368 e. The third kappa shape index (κ3) is 4.48. The van der Waals surface area contributed by atoms with Crippen LogP contribution in [-0.2, 0) is 11.2 Å². The lowest BCUT2D eigenvalue weighted by molar-refractivity contribution is -0.122. The first-order valence-electron chi connectivity index (χ1n) is 5.87. The highest BCUT2D eigenvalue weighted by Gasteiger charge is 2.30.